The second-order valence-electron chi connectivity index (χ2n) is 4.17. The summed E-state index contributed by atoms with van der Waals surface area (Å²) in [5.41, 5.74) is 5.83. The lowest BCUT2D eigenvalue weighted by Crippen LogP contribution is -2.38. The van der Waals surface area contributed by atoms with Crippen molar-refractivity contribution < 1.29 is 0 Å². The van der Waals surface area contributed by atoms with E-state index in [-0.39, 0.29) is 24.0 Å². The summed E-state index contributed by atoms with van der Waals surface area (Å²) in [4.78, 5) is 9.67. The summed E-state index contributed by atoms with van der Waals surface area (Å²) in [6.07, 6.45) is 6.91. The van der Waals surface area contributed by atoms with Crippen LogP contribution in [0.25, 0.3) is 0 Å². The summed E-state index contributed by atoms with van der Waals surface area (Å²) >= 11 is 1.67. The minimum atomic E-state index is 0. The maximum atomic E-state index is 5.83. The standard InChI is InChI=1S/C11H18N4S.HI/c1-8-13-6-10(16-8)7-14-11(12)15-9-4-2-3-5-9;/h6,9H,2-5,7H2,1H3,(H3,12,14,15);1H. The molecule has 1 aromatic rings. The summed E-state index contributed by atoms with van der Waals surface area (Å²) in [7, 11) is 0. The fourth-order valence-corrected chi connectivity index (χ4v) is 2.69. The first-order valence-corrected chi connectivity index (χ1v) is 6.53. The lowest BCUT2D eigenvalue weighted by atomic mass is 10.2. The number of hydrogen-bond donors (Lipinski definition) is 2. The Labute approximate surface area is 123 Å². The van der Waals surface area contributed by atoms with Gasteiger partial charge in [-0.2, -0.15) is 0 Å². The Balaban J connectivity index is 0.00000144. The van der Waals surface area contributed by atoms with Gasteiger partial charge in [-0.1, -0.05) is 12.8 Å². The number of rotatable bonds is 3. The van der Waals surface area contributed by atoms with E-state index in [2.05, 4.69) is 15.3 Å². The van der Waals surface area contributed by atoms with E-state index in [1.165, 1.54) is 25.7 Å². The molecular formula is C11H19IN4S. The Morgan fingerprint density at radius 2 is 2.29 bits per heavy atom. The van der Waals surface area contributed by atoms with Gasteiger partial charge in [-0.3, -0.25) is 0 Å². The number of hydrogen-bond acceptors (Lipinski definition) is 3. The molecule has 6 heteroatoms. The third-order valence-corrected chi connectivity index (χ3v) is 3.68. The Morgan fingerprint density at radius 1 is 1.59 bits per heavy atom. The first kappa shape index (κ1) is 14.7. The van der Waals surface area contributed by atoms with Crippen molar-refractivity contribution in [3.05, 3.63) is 16.1 Å². The molecule has 1 heterocycles. The highest BCUT2D eigenvalue weighted by atomic mass is 127. The second kappa shape index (κ2) is 7.15. The highest BCUT2D eigenvalue weighted by Crippen LogP contribution is 2.17. The maximum Gasteiger partial charge on any atom is 0.189 e. The molecule has 1 aliphatic rings. The third kappa shape index (κ3) is 4.79. The number of nitrogens with one attached hydrogen (secondary N) is 1. The summed E-state index contributed by atoms with van der Waals surface area (Å²) in [6, 6.07) is 0.534. The van der Waals surface area contributed by atoms with Gasteiger partial charge in [0, 0.05) is 17.1 Å². The molecule has 1 aromatic heterocycles. The van der Waals surface area contributed by atoms with Gasteiger partial charge in [0.2, 0.25) is 0 Å². The zero-order chi connectivity index (χ0) is 11.4. The van der Waals surface area contributed by atoms with E-state index in [1.54, 1.807) is 11.3 Å². The van der Waals surface area contributed by atoms with E-state index in [4.69, 9.17) is 5.73 Å². The van der Waals surface area contributed by atoms with Crippen LogP contribution in [0.3, 0.4) is 0 Å². The fraction of sp³-hybridized carbons (Fsp3) is 0.636. The predicted molar refractivity (Wildman–Crippen MR) is 83.0 cm³/mol. The SMILES string of the molecule is Cc1ncc(CN=C(N)NC2CCCC2)s1.I. The number of aromatic nitrogens is 1. The monoisotopic (exact) mass is 366 g/mol. The first-order valence-electron chi connectivity index (χ1n) is 5.72. The van der Waals surface area contributed by atoms with Crippen molar-refractivity contribution >= 4 is 41.3 Å². The van der Waals surface area contributed by atoms with E-state index in [9.17, 15) is 0 Å². The first-order chi connectivity index (χ1) is 7.74. The van der Waals surface area contributed by atoms with Crippen molar-refractivity contribution in [3.63, 3.8) is 0 Å². The molecule has 0 aromatic carbocycles. The van der Waals surface area contributed by atoms with Crippen LogP contribution in [-0.4, -0.2) is 17.0 Å². The molecule has 2 rings (SSSR count). The van der Waals surface area contributed by atoms with Gasteiger partial charge in [0.15, 0.2) is 5.96 Å². The molecule has 1 fully saturated rings. The number of thiazole rings is 1. The molecule has 0 aliphatic heterocycles. The minimum absolute atomic E-state index is 0. The van der Waals surface area contributed by atoms with Gasteiger partial charge in [0.05, 0.1) is 11.6 Å². The zero-order valence-electron chi connectivity index (χ0n) is 9.98. The molecule has 0 radical (unpaired) electrons. The lowest BCUT2D eigenvalue weighted by molar-refractivity contribution is 0.625. The van der Waals surface area contributed by atoms with Gasteiger partial charge < -0.3 is 11.1 Å². The minimum Gasteiger partial charge on any atom is -0.370 e. The molecule has 17 heavy (non-hydrogen) atoms. The lowest BCUT2D eigenvalue weighted by Gasteiger charge is -2.11. The number of aliphatic imine (C=N–C) groups is 1. The molecular weight excluding hydrogens is 347 g/mol. The molecule has 0 spiro atoms. The number of nitrogens with zero attached hydrogens (tertiary/aromatic N) is 2. The topological polar surface area (TPSA) is 63.3 Å². The summed E-state index contributed by atoms with van der Waals surface area (Å²) in [5.74, 6) is 0.568. The number of nitrogens with two attached hydrogens (primary N) is 1. The third-order valence-electron chi connectivity index (χ3n) is 2.78. The molecule has 1 saturated carbocycles. The maximum absolute atomic E-state index is 5.83. The van der Waals surface area contributed by atoms with Gasteiger partial charge in [-0.15, -0.1) is 35.3 Å². The van der Waals surface area contributed by atoms with Gasteiger partial charge in [0.25, 0.3) is 0 Å². The highest BCUT2D eigenvalue weighted by molar-refractivity contribution is 14.0. The van der Waals surface area contributed by atoms with Crippen LogP contribution in [0.4, 0.5) is 0 Å². The molecule has 0 saturated heterocycles. The molecule has 0 atom stereocenters. The van der Waals surface area contributed by atoms with Gasteiger partial charge in [-0.05, 0) is 19.8 Å². The van der Waals surface area contributed by atoms with Gasteiger partial charge in [-0.25, -0.2) is 9.98 Å². The smallest absolute Gasteiger partial charge is 0.189 e. The molecule has 1 aliphatic carbocycles. The summed E-state index contributed by atoms with van der Waals surface area (Å²) in [5, 5.41) is 4.34. The average molecular weight is 366 g/mol. The quantitative estimate of drug-likeness (QED) is 0.491. The number of aryl methyl sites for hydroxylation is 1. The second-order valence-corrected chi connectivity index (χ2v) is 5.49. The number of halogens is 1. The molecule has 3 N–H and O–H groups in total. The van der Waals surface area contributed by atoms with E-state index in [1.807, 2.05) is 13.1 Å². The zero-order valence-corrected chi connectivity index (χ0v) is 13.1. The van der Waals surface area contributed by atoms with E-state index in [0.29, 0.717) is 18.5 Å². The number of guanidine groups is 1. The predicted octanol–water partition coefficient (Wildman–Crippen LogP) is 2.42. The van der Waals surface area contributed by atoms with Crippen LogP contribution in [0, 0.1) is 6.92 Å². The molecule has 0 bridgehead atoms. The van der Waals surface area contributed by atoms with Crippen molar-refractivity contribution in [1.82, 2.24) is 10.3 Å². The van der Waals surface area contributed by atoms with E-state index in [0.717, 1.165) is 9.88 Å². The fourth-order valence-electron chi connectivity index (χ4n) is 1.97. The van der Waals surface area contributed by atoms with Crippen LogP contribution >= 0.6 is 35.3 Å². The largest absolute Gasteiger partial charge is 0.370 e. The van der Waals surface area contributed by atoms with Crippen LogP contribution in [-0.2, 0) is 6.54 Å². The van der Waals surface area contributed by atoms with Crippen LogP contribution < -0.4 is 11.1 Å². The normalized spacial score (nSPS) is 16.9. The van der Waals surface area contributed by atoms with Crippen molar-refractivity contribution in [3.8, 4) is 0 Å². The van der Waals surface area contributed by atoms with Crippen molar-refractivity contribution in [2.24, 2.45) is 10.7 Å². The van der Waals surface area contributed by atoms with Crippen LogP contribution in [0.1, 0.15) is 35.6 Å². The van der Waals surface area contributed by atoms with Crippen molar-refractivity contribution in [1.29, 1.82) is 0 Å². The molecule has 96 valence electrons. The Morgan fingerprint density at radius 3 is 2.88 bits per heavy atom. The van der Waals surface area contributed by atoms with Crippen molar-refractivity contribution in [2.45, 2.75) is 45.2 Å². The molecule has 0 amide bonds. The molecule has 4 nitrogen and oxygen atoms in total. The van der Waals surface area contributed by atoms with Crippen LogP contribution in [0.2, 0.25) is 0 Å². The van der Waals surface area contributed by atoms with Crippen LogP contribution in [0.15, 0.2) is 11.2 Å². The van der Waals surface area contributed by atoms with Gasteiger partial charge >= 0.3 is 0 Å². The van der Waals surface area contributed by atoms with E-state index < -0.39 is 0 Å². The summed E-state index contributed by atoms with van der Waals surface area (Å²) in [6.45, 7) is 2.63. The van der Waals surface area contributed by atoms with E-state index >= 15 is 0 Å². The Bertz CT molecular complexity index is 371. The van der Waals surface area contributed by atoms with Gasteiger partial charge in [0.1, 0.15) is 0 Å². The average Bonchev–Trinajstić information content (AvgIpc) is 2.87. The summed E-state index contributed by atoms with van der Waals surface area (Å²) < 4.78 is 0. The Hall–Kier alpha value is -0.370. The molecule has 0 unspecified atom stereocenters. The van der Waals surface area contributed by atoms with Crippen LogP contribution in [0.5, 0.6) is 0 Å². The van der Waals surface area contributed by atoms with Crippen molar-refractivity contribution in [2.75, 3.05) is 0 Å². The highest BCUT2D eigenvalue weighted by Gasteiger charge is 2.14. The Kier molecular flexibility index (Phi) is 6.18.